The summed E-state index contributed by atoms with van der Waals surface area (Å²) >= 11 is 0. The molecule has 0 radical (unpaired) electrons. The van der Waals surface area contributed by atoms with Gasteiger partial charge < -0.3 is 14.3 Å². The molecule has 0 bridgehead atoms. The number of ketones is 1. The molecular formula is C22H23N3O4. The fourth-order valence-electron chi connectivity index (χ4n) is 3.75. The molecule has 1 aliphatic carbocycles. The molecule has 1 N–H and O–H groups in total. The third-order valence-corrected chi connectivity index (χ3v) is 5.11. The predicted molar refractivity (Wildman–Crippen MR) is 105 cm³/mol. The van der Waals surface area contributed by atoms with Crippen molar-refractivity contribution in [3.8, 4) is 11.5 Å². The molecule has 0 atom stereocenters. The van der Waals surface area contributed by atoms with E-state index >= 15 is 0 Å². The molecule has 150 valence electrons. The summed E-state index contributed by atoms with van der Waals surface area (Å²) in [5, 5.41) is 6.69. The Hall–Kier alpha value is -3.22. The molecule has 7 heteroatoms. The number of fused-ring (bicyclic) bond motifs is 1. The minimum atomic E-state index is -0.222. The van der Waals surface area contributed by atoms with Crippen molar-refractivity contribution in [3.63, 3.8) is 0 Å². The lowest BCUT2D eigenvalue weighted by Gasteiger charge is -2.27. The van der Waals surface area contributed by atoms with Gasteiger partial charge in [-0.2, -0.15) is 4.98 Å². The molecule has 29 heavy (non-hydrogen) atoms. The number of nitrogens with zero attached hydrogens (tertiary/aromatic N) is 2. The summed E-state index contributed by atoms with van der Waals surface area (Å²) in [6.07, 6.45) is 1.24. The van der Waals surface area contributed by atoms with Crippen LogP contribution in [-0.2, 0) is 24.2 Å². The van der Waals surface area contributed by atoms with Gasteiger partial charge in [-0.05, 0) is 24.5 Å². The van der Waals surface area contributed by atoms with E-state index in [-0.39, 0.29) is 30.1 Å². The highest BCUT2D eigenvalue weighted by Gasteiger charge is 2.36. The molecule has 2 aromatic heterocycles. The predicted octanol–water partition coefficient (Wildman–Crippen LogP) is 3.65. The van der Waals surface area contributed by atoms with E-state index in [1.54, 1.807) is 6.92 Å². The molecule has 0 saturated carbocycles. The van der Waals surface area contributed by atoms with E-state index in [9.17, 15) is 9.59 Å². The Morgan fingerprint density at radius 1 is 1.21 bits per heavy atom. The Morgan fingerprint density at radius 3 is 2.72 bits per heavy atom. The van der Waals surface area contributed by atoms with Crippen molar-refractivity contribution in [3.05, 3.63) is 58.8 Å². The number of benzene rings is 1. The number of carbonyl (C=O) groups is 2. The lowest BCUT2D eigenvalue weighted by molar-refractivity contribution is -0.120. The summed E-state index contributed by atoms with van der Waals surface area (Å²) in [5.41, 5.74) is 1.96. The second-order valence-corrected chi connectivity index (χ2v) is 8.21. The van der Waals surface area contributed by atoms with E-state index < -0.39 is 0 Å². The maximum Gasteiger partial charge on any atom is 0.257 e. The summed E-state index contributed by atoms with van der Waals surface area (Å²) in [6.45, 7) is 6.04. The Morgan fingerprint density at radius 2 is 1.97 bits per heavy atom. The topological polar surface area (TPSA) is 98.2 Å². The minimum absolute atomic E-state index is 0.0431. The van der Waals surface area contributed by atoms with E-state index in [0.717, 1.165) is 5.56 Å². The molecule has 0 unspecified atom stereocenters. The SMILES string of the molecule is Cc1oc2c(c1CC(=O)NCc1noc(-c3ccccc3)n1)C(=O)CC(C)(C)C2. The number of carbonyl (C=O) groups excluding carboxylic acids is 2. The fourth-order valence-corrected chi connectivity index (χ4v) is 3.75. The Bertz CT molecular complexity index is 1060. The molecule has 3 aromatic rings. The van der Waals surface area contributed by atoms with Crippen LogP contribution in [-0.4, -0.2) is 21.8 Å². The number of amides is 1. The van der Waals surface area contributed by atoms with Gasteiger partial charge in [-0.25, -0.2) is 0 Å². The normalized spacial score (nSPS) is 15.2. The van der Waals surface area contributed by atoms with Crippen LogP contribution in [0.15, 0.2) is 39.3 Å². The van der Waals surface area contributed by atoms with Gasteiger partial charge in [0.2, 0.25) is 5.91 Å². The molecule has 0 aliphatic heterocycles. The monoisotopic (exact) mass is 393 g/mol. The van der Waals surface area contributed by atoms with Crippen molar-refractivity contribution in [1.29, 1.82) is 0 Å². The van der Waals surface area contributed by atoms with Gasteiger partial charge in [0, 0.05) is 24.0 Å². The molecule has 1 aliphatic rings. The number of furan rings is 1. The van der Waals surface area contributed by atoms with Gasteiger partial charge in [0.05, 0.1) is 18.5 Å². The van der Waals surface area contributed by atoms with Gasteiger partial charge in [-0.1, -0.05) is 37.2 Å². The van der Waals surface area contributed by atoms with Crippen LogP contribution in [0.1, 0.15) is 53.5 Å². The van der Waals surface area contributed by atoms with Crippen molar-refractivity contribution in [1.82, 2.24) is 15.5 Å². The molecule has 2 heterocycles. The summed E-state index contributed by atoms with van der Waals surface area (Å²) in [4.78, 5) is 29.4. The van der Waals surface area contributed by atoms with Crippen LogP contribution < -0.4 is 5.32 Å². The van der Waals surface area contributed by atoms with Gasteiger partial charge in [-0.15, -0.1) is 0 Å². The summed E-state index contributed by atoms with van der Waals surface area (Å²) < 4.78 is 11.1. The zero-order valence-electron chi connectivity index (χ0n) is 16.7. The smallest absolute Gasteiger partial charge is 0.257 e. The van der Waals surface area contributed by atoms with Crippen LogP contribution in [0.4, 0.5) is 0 Å². The van der Waals surface area contributed by atoms with Gasteiger partial charge in [0.15, 0.2) is 11.6 Å². The minimum Gasteiger partial charge on any atom is -0.465 e. The summed E-state index contributed by atoms with van der Waals surface area (Å²) in [5.74, 6) is 1.94. The van der Waals surface area contributed by atoms with Crippen LogP contribution in [0.3, 0.4) is 0 Å². The standard InChI is InChI=1S/C22H23N3O4/c1-13-15(20-16(26)10-22(2,3)11-17(20)28-13)9-19(27)23-12-18-24-21(29-25-18)14-7-5-4-6-8-14/h4-8H,9-12H2,1-3H3,(H,23,27). The third kappa shape index (κ3) is 3.99. The number of hydrogen-bond acceptors (Lipinski definition) is 6. The quantitative estimate of drug-likeness (QED) is 0.710. The first-order valence-electron chi connectivity index (χ1n) is 9.61. The number of nitrogens with one attached hydrogen (secondary N) is 1. The van der Waals surface area contributed by atoms with Gasteiger partial charge in [0.1, 0.15) is 11.5 Å². The van der Waals surface area contributed by atoms with Crippen LogP contribution in [0, 0.1) is 12.3 Å². The van der Waals surface area contributed by atoms with E-state index in [1.807, 2.05) is 44.2 Å². The largest absolute Gasteiger partial charge is 0.465 e. The first-order chi connectivity index (χ1) is 13.8. The number of aromatic nitrogens is 2. The number of rotatable bonds is 5. The third-order valence-electron chi connectivity index (χ3n) is 5.11. The van der Waals surface area contributed by atoms with Crippen LogP contribution >= 0.6 is 0 Å². The van der Waals surface area contributed by atoms with Crippen molar-refractivity contribution < 1.29 is 18.5 Å². The van der Waals surface area contributed by atoms with E-state index in [0.29, 0.717) is 47.2 Å². The highest BCUT2D eigenvalue weighted by molar-refractivity contribution is 6.01. The second-order valence-electron chi connectivity index (χ2n) is 8.21. The highest BCUT2D eigenvalue weighted by Crippen LogP contribution is 2.38. The fraction of sp³-hybridized carbons (Fsp3) is 0.364. The number of Topliss-reactive ketones (excluding diaryl/α,β-unsaturated/α-hetero) is 1. The maximum atomic E-state index is 12.6. The maximum absolute atomic E-state index is 12.6. The van der Waals surface area contributed by atoms with Crippen molar-refractivity contribution in [2.45, 2.75) is 46.6 Å². The van der Waals surface area contributed by atoms with Crippen LogP contribution in [0.2, 0.25) is 0 Å². The molecule has 0 saturated heterocycles. The first-order valence-corrected chi connectivity index (χ1v) is 9.61. The van der Waals surface area contributed by atoms with Crippen LogP contribution in [0.25, 0.3) is 11.5 Å². The average molecular weight is 393 g/mol. The van der Waals surface area contributed by atoms with Crippen molar-refractivity contribution >= 4 is 11.7 Å². The molecule has 4 rings (SSSR count). The van der Waals surface area contributed by atoms with Gasteiger partial charge >= 0.3 is 0 Å². The molecule has 1 aromatic carbocycles. The highest BCUT2D eigenvalue weighted by atomic mass is 16.5. The Kier molecular flexibility index (Phi) is 4.82. The Labute approximate surface area is 168 Å². The van der Waals surface area contributed by atoms with Crippen LogP contribution in [0.5, 0.6) is 0 Å². The molecule has 0 fully saturated rings. The number of hydrogen-bond donors (Lipinski definition) is 1. The molecular weight excluding hydrogens is 370 g/mol. The van der Waals surface area contributed by atoms with Gasteiger partial charge in [-0.3, -0.25) is 9.59 Å². The lowest BCUT2D eigenvalue weighted by Crippen LogP contribution is -2.28. The molecule has 0 spiro atoms. The first kappa shape index (κ1) is 19.1. The average Bonchev–Trinajstić information content (AvgIpc) is 3.25. The molecule has 1 amide bonds. The van der Waals surface area contributed by atoms with E-state index in [2.05, 4.69) is 15.5 Å². The Balaban J connectivity index is 1.42. The van der Waals surface area contributed by atoms with Crippen molar-refractivity contribution in [2.24, 2.45) is 5.41 Å². The summed E-state index contributed by atoms with van der Waals surface area (Å²) in [7, 11) is 0. The summed E-state index contributed by atoms with van der Waals surface area (Å²) in [6, 6.07) is 9.43. The van der Waals surface area contributed by atoms with E-state index in [4.69, 9.17) is 8.94 Å². The zero-order valence-corrected chi connectivity index (χ0v) is 16.7. The zero-order chi connectivity index (χ0) is 20.6. The number of aryl methyl sites for hydroxylation is 1. The van der Waals surface area contributed by atoms with E-state index in [1.165, 1.54) is 0 Å². The second kappa shape index (κ2) is 7.31. The molecule has 7 nitrogen and oxygen atoms in total. The van der Waals surface area contributed by atoms with Gasteiger partial charge in [0.25, 0.3) is 5.89 Å². The van der Waals surface area contributed by atoms with Crippen molar-refractivity contribution in [2.75, 3.05) is 0 Å². The lowest BCUT2D eigenvalue weighted by atomic mass is 9.75.